The first-order chi connectivity index (χ1) is 8.15. The topological polar surface area (TPSA) is 75.8 Å². The smallest absolute Gasteiger partial charge is 0.143 e. The molecule has 0 aliphatic rings. The summed E-state index contributed by atoms with van der Waals surface area (Å²) >= 11 is 0. The number of anilines is 2. The fourth-order valence-corrected chi connectivity index (χ4v) is 1.70. The Bertz CT molecular complexity index is 600. The number of hydrogen-bond acceptors (Lipinski definition) is 3. The first kappa shape index (κ1) is 11.0. The van der Waals surface area contributed by atoms with Gasteiger partial charge in [0.05, 0.1) is 16.9 Å². The average molecular weight is 227 g/mol. The molecule has 2 aromatic carbocycles. The second-order valence-electron chi connectivity index (χ2n) is 3.59. The maximum atomic E-state index is 13.6. The van der Waals surface area contributed by atoms with Crippen molar-refractivity contribution in [2.75, 3.05) is 11.5 Å². The summed E-state index contributed by atoms with van der Waals surface area (Å²) in [5, 5.41) is 8.99. The molecule has 4 heteroatoms. The Morgan fingerprint density at radius 2 is 1.76 bits per heavy atom. The van der Waals surface area contributed by atoms with Gasteiger partial charge < -0.3 is 11.5 Å². The molecule has 2 aromatic rings. The van der Waals surface area contributed by atoms with E-state index in [0.717, 1.165) is 6.07 Å². The Kier molecular flexibility index (Phi) is 2.67. The van der Waals surface area contributed by atoms with E-state index in [2.05, 4.69) is 0 Å². The summed E-state index contributed by atoms with van der Waals surface area (Å²) in [6.07, 6.45) is 0. The summed E-state index contributed by atoms with van der Waals surface area (Å²) in [6, 6.07) is 11.8. The first-order valence-electron chi connectivity index (χ1n) is 4.98. The van der Waals surface area contributed by atoms with E-state index in [4.69, 9.17) is 16.7 Å². The zero-order chi connectivity index (χ0) is 12.4. The third kappa shape index (κ3) is 1.79. The minimum atomic E-state index is -0.655. The molecule has 0 saturated heterocycles. The number of nitrogen functional groups attached to an aromatic ring is 2. The molecule has 3 nitrogen and oxygen atoms in total. The van der Waals surface area contributed by atoms with E-state index >= 15 is 0 Å². The molecule has 0 saturated carbocycles. The van der Waals surface area contributed by atoms with Gasteiger partial charge in [0.15, 0.2) is 0 Å². The van der Waals surface area contributed by atoms with Crippen molar-refractivity contribution in [1.82, 2.24) is 0 Å². The lowest BCUT2D eigenvalue weighted by molar-refractivity contribution is 0.625. The normalized spacial score (nSPS) is 9.88. The van der Waals surface area contributed by atoms with Crippen molar-refractivity contribution in [1.29, 1.82) is 5.26 Å². The van der Waals surface area contributed by atoms with Crippen molar-refractivity contribution in [2.24, 2.45) is 0 Å². The molecule has 0 aromatic heterocycles. The SMILES string of the molecule is N#Cc1c(F)cc(N)c(N)c1-c1ccccc1. The molecule has 2 rings (SSSR count). The van der Waals surface area contributed by atoms with Gasteiger partial charge in [-0.1, -0.05) is 30.3 Å². The minimum Gasteiger partial charge on any atom is -0.397 e. The molecule has 17 heavy (non-hydrogen) atoms. The predicted molar refractivity (Wildman–Crippen MR) is 65.4 cm³/mol. The van der Waals surface area contributed by atoms with Crippen molar-refractivity contribution in [3.05, 3.63) is 47.8 Å². The Balaban J connectivity index is 2.81. The van der Waals surface area contributed by atoms with Gasteiger partial charge in [-0.25, -0.2) is 4.39 Å². The molecule has 0 atom stereocenters. The van der Waals surface area contributed by atoms with E-state index in [9.17, 15) is 4.39 Å². The molecule has 0 spiro atoms. The third-order valence-electron chi connectivity index (χ3n) is 2.53. The molecule has 0 fully saturated rings. The summed E-state index contributed by atoms with van der Waals surface area (Å²) in [5.41, 5.74) is 12.7. The Hall–Kier alpha value is -2.54. The number of halogens is 1. The van der Waals surface area contributed by atoms with Gasteiger partial charge in [0.1, 0.15) is 11.9 Å². The number of nitriles is 1. The predicted octanol–water partition coefficient (Wildman–Crippen LogP) is 2.53. The van der Waals surface area contributed by atoms with Gasteiger partial charge in [0.25, 0.3) is 0 Å². The van der Waals surface area contributed by atoms with Crippen LogP contribution < -0.4 is 11.5 Å². The van der Waals surface area contributed by atoms with E-state index in [1.165, 1.54) is 0 Å². The number of nitrogens with two attached hydrogens (primary N) is 2. The third-order valence-corrected chi connectivity index (χ3v) is 2.53. The van der Waals surface area contributed by atoms with Crippen LogP contribution in [-0.2, 0) is 0 Å². The molecule has 0 bridgehead atoms. The zero-order valence-corrected chi connectivity index (χ0v) is 8.94. The maximum absolute atomic E-state index is 13.6. The molecule has 0 amide bonds. The van der Waals surface area contributed by atoms with Gasteiger partial charge >= 0.3 is 0 Å². The second-order valence-corrected chi connectivity index (χ2v) is 3.59. The number of hydrogen-bond donors (Lipinski definition) is 2. The average Bonchev–Trinajstić information content (AvgIpc) is 2.34. The van der Waals surface area contributed by atoms with Gasteiger partial charge in [0.2, 0.25) is 0 Å². The molecule has 0 unspecified atom stereocenters. The molecule has 0 aliphatic carbocycles. The van der Waals surface area contributed by atoms with Crippen LogP contribution in [0.3, 0.4) is 0 Å². The molecular formula is C13H10FN3. The first-order valence-corrected chi connectivity index (χ1v) is 4.98. The highest BCUT2D eigenvalue weighted by molar-refractivity contribution is 5.88. The highest BCUT2D eigenvalue weighted by atomic mass is 19.1. The van der Waals surface area contributed by atoms with Crippen LogP contribution >= 0.6 is 0 Å². The van der Waals surface area contributed by atoms with Crippen LogP contribution in [0.5, 0.6) is 0 Å². The van der Waals surface area contributed by atoms with Gasteiger partial charge in [0, 0.05) is 11.6 Å². The largest absolute Gasteiger partial charge is 0.397 e. The number of nitrogens with zero attached hydrogens (tertiary/aromatic N) is 1. The lowest BCUT2D eigenvalue weighted by Crippen LogP contribution is -2.02. The van der Waals surface area contributed by atoms with Crippen LogP contribution in [0.4, 0.5) is 15.8 Å². The standard InChI is InChI=1S/C13H10FN3/c14-10-6-11(16)13(17)12(9(10)7-15)8-4-2-1-3-5-8/h1-6H,16-17H2. The van der Waals surface area contributed by atoms with Crippen molar-refractivity contribution in [3.8, 4) is 17.2 Å². The van der Waals surface area contributed by atoms with E-state index in [-0.39, 0.29) is 16.9 Å². The summed E-state index contributed by atoms with van der Waals surface area (Å²) in [6.45, 7) is 0. The van der Waals surface area contributed by atoms with Gasteiger partial charge in [-0.3, -0.25) is 0 Å². The van der Waals surface area contributed by atoms with E-state index in [1.807, 2.05) is 12.1 Å². The molecule has 0 radical (unpaired) electrons. The Labute approximate surface area is 98.1 Å². The molecule has 0 aliphatic heterocycles. The molecule has 4 N–H and O–H groups in total. The lowest BCUT2D eigenvalue weighted by atomic mass is 9.97. The summed E-state index contributed by atoms with van der Waals surface area (Å²) in [4.78, 5) is 0. The van der Waals surface area contributed by atoms with Crippen LogP contribution in [0.25, 0.3) is 11.1 Å². The minimum absolute atomic E-state index is 0.0806. The maximum Gasteiger partial charge on any atom is 0.143 e. The monoisotopic (exact) mass is 227 g/mol. The summed E-state index contributed by atoms with van der Waals surface area (Å²) in [5.74, 6) is -0.655. The Morgan fingerprint density at radius 1 is 1.12 bits per heavy atom. The van der Waals surface area contributed by atoms with E-state index < -0.39 is 5.82 Å². The fraction of sp³-hybridized carbons (Fsp3) is 0. The number of benzene rings is 2. The van der Waals surface area contributed by atoms with E-state index in [0.29, 0.717) is 11.1 Å². The highest BCUT2D eigenvalue weighted by Gasteiger charge is 2.16. The van der Waals surface area contributed by atoms with Gasteiger partial charge in [-0.05, 0) is 5.56 Å². The van der Waals surface area contributed by atoms with Crippen LogP contribution in [-0.4, -0.2) is 0 Å². The van der Waals surface area contributed by atoms with Crippen LogP contribution in [0.15, 0.2) is 36.4 Å². The lowest BCUT2D eigenvalue weighted by Gasteiger charge is -2.11. The van der Waals surface area contributed by atoms with Gasteiger partial charge in [-0.15, -0.1) is 0 Å². The summed E-state index contributed by atoms with van der Waals surface area (Å²) in [7, 11) is 0. The van der Waals surface area contributed by atoms with Gasteiger partial charge in [-0.2, -0.15) is 5.26 Å². The zero-order valence-electron chi connectivity index (χ0n) is 8.94. The van der Waals surface area contributed by atoms with Crippen LogP contribution in [0.2, 0.25) is 0 Å². The molecular weight excluding hydrogens is 217 g/mol. The van der Waals surface area contributed by atoms with Crippen molar-refractivity contribution in [2.45, 2.75) is 0 Å². The fourth-order valence-electron chi connectivity index (χ4n) is 1.70. The van der Waals surface area contributed by atoms with Crippen molar-refractivity contribution in [3.63, 3.8) is 0 Å². The van der Waals surface area contributed by atoms with Crippen LogP contribution in [0, 0.1) is 17.1 Å². The second kappa shape index (κ2) is 4.14. The van der Waals surface area contributed by atoms with Crippen molar-refractivity contribution < 1.29 is 4.39 Å². The van der Waals surface area contributed by atoms with E-state index in [1.54, 1.807) is 24.3 Å². The van der Waals surface area contributed by atoms with Crippen LogP contribution in [0.1, 0.15) is 5.56 Å². The Morgan fingerprint density at radius 3 is 2.35 bits per heavy atom. The number of rotatable bonds is 1. The molecule has 84 valence electrons. The molecule has 0 heterocycles. The van der Waals surface area contributed by atoms with Crippen molar-refractivity contribution >= 4 is 11.4 Å². The highest BCUT2D eigenvalue weighted by Crippen LogP contribution is 2.34. The quantitative estimate of drug-likeness (QED) is 0.735. The summed E-state index contributed by atoms with van der Waals surface area (Å²) < 4.78 is 13.6.